The molecule has 1 heterocycles. The second-order valence-electron chi connectivity index (χ2n) is 9.70. The van der Waals surface area contributed by atoms with E-state index in [2.05, 4.69) is 15.9 Å². The topological polar surface area (TPSA) is 114 Å². The zero-order valence-corrected chi connectivity index (χ0v) is 24.8. The van der Waals surface area contributed by atoms with Crippen LogP contribution in [0.25, 0.3) is 0 Å². The maximum absolute atomic E-state index is 13.3. The summed E-state index contributed by atoms with van der Waals surface area (Å²) >= 11 is 3.40. The number of ether oxygens (including phenoxy) is 5. The van der Waals surface area contributed by atoms with Crippen molar-refractivity contribution in [3.8, 4) is 0 Å². The van der Waals surface area contributed by atoms with E-state index in [4.69, 9.17) is 23.7 Å². The van der Waals surface area contributed by atoms with Gasteiger partial charge in [-0.1, -0.05) is 88.7 Å². The molecule has 0 N–H and O–H groups in total. The molecule has 0 saturated carbocycles. The molecule has 1 saturated heterocycles. The molecule has 0 spiro atoms. The van der Waals surface area contributed by atoms with Crippen molar-refractivity contribution in [3.05, 3.63) is 144 Å². The predicted molar refractivity (Wildman–Crippen MR) is 161 cm³/mol. The molecule has 5 atom stereocenters. The first-order valence-electron chi connectivity index (χ1n) is 13.7. The van der Waals surface area contributed by atoms with E-state index in [1.54, 1.807) is 121 Å². The lowest BCUT2D eigenvalue weighted by atomic mass is 9.99. The largest absolute Gasteiger partial charge is 0.459 e. The Morgan fingerprint density at radius 2 is 0.841 bits per heavy atom. The van der Waals surface area contributed by atoms with E-state index in [1.807, 2.05) is 0 Å². The summed E-state index contributed by atoms with van der Waals surface area (Å²) in [5.41, 5.74) is 0.994. The van der Waals surface area contributed by atoms with Gasteiger partial charge in [0.15, 0.2) is 23.3 Å². The molecule has 4 aromatic rings. The summed E-state index contributed by atoms with van der Waals surface area (Å²) in [4.78, 5) is 52.6. The van der Waals surface area contributed by atoms with Crippen molar-refractivity contribution >= 4 is 39.8 Å². The minimum Gasteiger partial charge on any atom is -0.459 e. The second kappa shape index (κ2) is 14.6. The molecule has 4 aromatic carbocycles. The molecule has 1 fully saturated rings. The lowest BCUT2D eigenvalue weighted by molar-refractivity contribution is -0.205. The number of carbonyl (C=O) groups is 4. The van der Waals surface area contributed by atoms with E-state index in [0.29, 0.717) is 5.56 Å². The first-order chi connectivity index (χ1) is 21.4. The summed E-state index contributed by atoms with van der Waals surface area (Å²) in [6.07, 6.45) is -5.13. The maximum atomic E-state index is 13.3. The van der Waals surface area contributed by atoms with Crippen LogP contribution in [0, 0.1) is 0 Å². The summed E-state index contributed by atoms with van der Waals surface area (Å²) in [7, 11) is 0. The van der Waals surface area contributed by atoms with Crippen molar-refractivity contribution in [2.75, 3.05) is 6.61 Å². The third-order valence-corrected chi connectivity index (χ3v) is 7.46. The van der Waals surface area contributed by atoms with E-state index < -0.39 is 53.3 Å². The Balaban J connectivity index is 1.48. The van der Waals surface area contributed by atoms with Gasteiger partial charge in [-0.15, -0.1) is 0 Å². The Bertz CT molecular complexity index is 1570. The van der Waals surface area contributed by atoms with Gasteiger partial charge in [-0.2, -0.15) is 0 Å². The molecule has 1 aliphatic rings. The van der Waals surface area contributed by atoms with Crippen LogP contribution < -0.4 is 0 Å². The second-order valence-corrected chi connectivity index (χ2v) is 10.6. The van der Waals surface area contributed by atoms with Crippen LogP contribution >= 0.6 is 15.9 Å². The van der Waals surface area contributed by atoms with Crippen LogP contribution in [0.5, 0.6) is 0 Å². The SMILES string of the molecule is O=C(OCC1O[C@@H](Br)C(OC(=O)c2ccccc2)[C@@H](OC(=O)c2ccccc2)[C@@H]1OC(=O)c1ccccc1)c1ccccc1. The van der Waals surface area contributed by atoms with Crippen LogP contribution in [0.4, 0.5) is 0 Å². The van der Waals surface area contributed by atoms with Crippen LogP contribution in [0.2, 0.25) is 0 Å². The third kappa shape index (κ3) is 7.58. The fraction of sp³-hybridized carbons (Fsp3) is 0.176. The lowest BCUT2D eigenvalue weighted by Gasteiger charge is -2.43. The molecule has 0 radical (unpaired) electrons. The summed E-state index contributed by atoms with van der Waals surface area (Å²) in [6.45, 7) is -0.374. The Hall–Kier alpha value is -4.80. The van der Waals surface area contributed by atoms with Crippen molar-refractivity contribution in [1.82, 2.24) is 0 Å². The van der Waals surface area contributed by atoms with Gasteiger partial charge in [-0.05, 0) is 48.5 Å². The highest BCUT2D eigenvalue weighted by Gasteiger charge is 2.52. The summed E-state index contributed by atoms with van der Waals surface area (Å²) in [5, 5.41) is -1.05. The third-order valence-electron chi connectivity index (χ3n) is 6.72. The fourth-order valence-corrected chi connectivity index (χ4v) is 5.20. The van der Waals surface area contributed by atoms with Crippen LogP contribution in [0.1, 0.15) is 41.4 Å². The van der Waals surface area contributed by atoms with Gasteiger partial charge < -0.3 is 23.7 Å². The lowest BCUT2D eigenvalue weighted by Crippen LogP contribution is -2.61. The molecule has 2 unspecified atom stereocenters. The van der Waals surface area contributed by atoms with Gasteiger partial charge >= 0.3 is 23.9 Å². The molecule has 0 aliphatic carbocycles. The molecule has 5 rings (SSSR count). The standard InChI is InChI=1S/C34H27BrO9/c35-30-29(44-34(39)25-19-11-4-12-20-25)28(43-33(38)24-17-9-3-10-18-24)27(42-32(37)23-15-7-2-8-16-23)26(41-30)21-40-31(36)22-13-5-1-6-14-22/h1-20,26-30H,21H2/t26?,27-,28+,29?,30-/m1/s1. The summed E-state index contributed by atoms with van der Waals surface area (Å²) in [5.74, 6) is -2.85. The van der Waals surface area contributed by atoms with Crippen LogP contribution in [-0.4, -0.2) is 59.9 Å². The number of esters is 4. The van der Waals surface area contributed by atoms with Gasteiger partial charge in [0.1, 0.15) is 12.7 Å². The zero-order chi connectivity index (χ0) is 30.9. The average molecular weight is 659 g/mol. The van der Waals surface area contributed by atoms with Gasteiger partial charge in [0.2, 0.25) is 0 Å². The summed E-state index contributed by atoms with van der Waals surface area (Å²) < 4.78 is 29.3. The fourth-order valence-electron chi connectivity index (χ4n) is 4.51. The normalized spacial score (nSPS) is 21.0. The van der Waals surface area contributed by atoms with Crippen LogP contribution in [0.3, 0.4) is 0 Å². The quantitative estimate of drug-likeness (QED) is 0.128. The molecule has 44 heavy (non-hydrogen) atoms. The molecule has 9 nitrogen and oxygen atoms in total. The number of hydrogen-bond acceptors (Lipinski definition) is 9. The predicted octanol–water partition coefficient (Wildman–Crippen LogP) is 5.64. The number of halogens is 1. The van der Waals surface area contributed by atoms with Gasteiger partial charge in [-0.25, -0.2) is 19.2 Å². The Morgan fingerprint density at radius 1 is 0.500 bits per heavy atom. The highest BCUT2D eigenvalue weighted by atomic mass is 79.9. The van der Waals surface area contributed by atoms with E-state index in [1.165, 1.54) is 0 Å². The first kappa shape index (κ1) is 30.7. The zero-order valence-electron chi connectivity index (χ0n) is 23.2. The molecular formula is C34H27BrO9. The van der Waals surface area contributed by atoms with Gasteiger partial charge in [0, 0.05) is 0 Å². The Kier molecular flexibility index (Phi) is 10.2. The average Bonchev–Trinajstić information content (AvgIpc) is 3.07. The molecule has 224 valence electrons. The van der Waals surface area contributed by atoms with Crippen molar-refractivity contribution in [1.29, 1.82) is 0 Å². The van der Waals surface area contributed by atoms with Crippen LogP contribution in [0.15, 0.2) is 121 Å². The van der Waals surface area contributed by atoms with Crippen molar-refractivity contribution < 1.29 is 42.9 Å². The highest BCUT2D eigenvalue weighted by Crippen LogP contribution is 2.33. The molecule has 0 bridgehead atoms. The smallest absolute Gasteiger partial charge is 0.338 e. The minimum absolute atomic E-state index is 0.221. The molecule has 0 amide bonds. The number of hydrogen-bond donors (Lipinski definition) is 0. The Labute approximate surface area is 261 Å². The maximum Gasteiger partial charge on any atom is 0.338 e. The number of carbonyl (C=O) groups excluding carboxylic acids is 4. The molecular weight excluding hydrogens is 632 g/mol. The van der Waals surface area contributed by atoms with Crippen LogP contribution in [-0.2, 0) is 23.7 Å². The van der Waals surface area contributed by atoms with E-state index in [-0.39, 0.29) is 23.3 Å². The van der Waals surface area contributed by atoms with Crippen molar-refractivity contribution in [3.63, 3.8) is 0 Å². The van der Waals surface area contributed by atoms with Gasteiger partial charge in [0.25, 0.3) is 0 Å². The van der Waals surface area contributed by atoms with Gasteiger partial charge in [0.05, 0.1) is 22.3 Å². The van der Waals surface area contributed by atoms with E-state index in [0.717, 1.165) is 0 Å². The van der Waals surface area contributed by atoms with E-state index >= 15 is 0 Å². The minimum atomic E-state index is -1.37. The van der Waals surface area contributed by atoms with Gasteiger partial charge in [-0.3, -0.25) is 0 Å². The highest BCUT2D eigenvalue weighted by molar-refractivity contribution is 9.09. The monoisotopic (exact) mass is 658 g/mol. The Morgan fingerprint density at radius 3 is 1.25 bits per heavy atom. The number of benzene rings is 4. The van der Waals surface area contributed by atoms with E-state index in [9.17, 15) is 19.2 Å². The summed E-state index contributed by atoms with van der Waals surface area (Å²) in [6, 6.07) is 32.9. The number of rotatable bonds is 9. The number of alkyl halides is 1. The van der Waals surface area contributed by atoms with Crippen molar-refractivity contribution in [2.45, 2.75) is 29.4 Å². The molecule has 0 aromatic heterocycles. The first-order valence-corrected chi connectivity index (χ1v) is 14.6. The van der Waals surface area contributed by atoms with Crippen molar-refractivity contribution in [2.24, 2.45) is 0 Å². The molecule has 1 aliphatic heterocycles. The molecule has 10 heteroatoms.